The minimum absolute atomic E-state index is 0.0254. The van der Waals surface area contributed by atoms with Gasteiger partial charge in [-0.1, -0.05) is 48.5 Å². The van der Waals surface area contributed by atoms with Crippen molar-refractivity contribution in [2.75, 3.05) is 96.6 Å². The van der Waals surface area contributed by atoms with Crippen LogP contribution in [0.4, 0.5) is 4.79 Å². The second kappa shape index (κ2) is 32.7. The topological polar surface area (TPSA) is 402 Å². The molecule has 2 fully saturated rings. The summed E-state index contributed by atoms with van der Waals surface area (Å²) in [5, 5.41) is 83.1. The highest BCUT2D eigenvalue weighted by atomic mass is 32.2. The quantitative estimate of drug-likeness (QED) is 0.0413. The van der Waals surface area contributed by atoms with Crippen LogP contribution in [-0.2, 0) is 54.4 Å². The number of nitrogens with one attached hydrogen (secondary N) is 5. The van der Waals surface area contributed by atoms with Gasteiger partial charge in [-0.2, -0.15) is 11.8 Å². The minimum atomic E-state index is -1.65. The Kier molecular flexibility index (Phi) is 26.0. The van der Waals surface area contributed by atoms with Crippen LogP contribution in [0.2, 0.25) is 0 Å². The predicted octanol–water partition coefficient (Wildman–Crippen LogP) is 0.181. The van der Waals surface area contributed by atoms with E-state index in [1.807, 2.05) is 59.5 Å². The summed E-state index contributed by atoms with van der Waals surface area (Å²) in [6.45, 7) is 1.21. The van der Waals surface area contributed by atoms with Gasteiger partial charge in [0.1, 0.15) is 24.2 Å². The van der Waals surface area contributed by atoms with E-state index in [-0.39, 0.29) is 123 Å². The number of amides is 5. The number of benzene rings is 3. The highest BCUT2D eigenvalue weighted by molar-refractivity contribution is 7.99. The molecule has 0 bridgehead atoms. The molecule has 3 aromatic carbocycles. The predicted molar refractivity (Wildman–Crippen MR) is 297 cm³/mol. The Hall–Kier alpha value is -7.66. The van der Waals surface area contributed by atoms with E-state index in [2.05, 4.69) is 26.6 Å². The van der Waals surface area contributed by atoms with Crippen LogP contribution in [0.15, 0.2) is 54.6 Å². The average molecular weight is 1170 g/mol. The van der Waals surface area contributed by atoms with Crippen molar-refractivity contribution in [1.29, 1.82) is 0 Å². The van der Waals surface area contributed by atoms with Gasteiger partial charge in [0.15, 0.2) is 0 Å². The fourth-order valence-corrected chi connectivity index (χ4v) is 11.0. The van der Waals surface area contributed by atoms with Gasteiger partial charge in [-0.3, -0.25) is 53.2 Å². The van der Waals surface area contributed by atoms with E-state index in [4.69, 9.17) is 5.11 Å². The van der Waals surface area contributed by atoms with Crippen LogP contribution < -0.4 is 26.6 Å². The average Bonchev–Trinajstić information content (AvgIpc) is 3.50. The van der Waals surface area contributed by atoms with Gasteiger partial charge in [-0.05, 0) is 77.6 Å². The second-order valence-electron chi connectivity index (χ2n) is 20.5. The minimum Gasteiger partial charge on any atom is -0.481 e. The number of hydrogen-bond acceptors (Lipinski definition) is 16. The van der Waals surface area contributed by atoms with Crippen molar-refractivity contribution in [1.82, 2.24) is 46.2 Å². The highest BCUT2D eigenvalue weighted by Gasteiger charge is 2.34. The Labute approximate surface area is 476 Å². The second-order valence-corrected chi connectivity index (χ2v) is 21.6. The van der Waals surface area contributed by atoms with Crippen molar-refractivity contribution >= 4 is 98.8 Å². The lowest BCUT2D eigenvalue weighted by molar-refractivity contribution is -0.141. The van der Waals surface area contributed by atoms with Crippen molar-refractivity contribution in [3.8, 4) is 0 Å². The van der Waals surface area contributed by atoms with Crippen LogP contribution in [0.25, 0.3) is 21.5 Å². The van der Waals surface area contributed by atoms with Crippen molar-refractivity contribution < 1.29 is 88.5 Å². The maximum absolute atomic E-state index is 14.4. The van der Waals surface area contributed by atoms with Gasteiger partial charge in [0.05, 0.1) is 26.2 Å². The number of nitrogens with zero attached hydrogens (tertiary/aromatic N) is 4. The highest BCUT2D eigenvalue weighted by Crippen LogP contribution is 2.31. The lowest BCUT2D eigenvalue weighted by Crippen LogP contribution is -2.54. The van der Waals surface area contributed by atoms with Crippen LogP contribution in [0.1, 0.15) is 50.5 Å². The van der Waals surface area contributed by atoms with Gasteiger partial charge in [0, 0.05) is 89.2 Å². The zero-order valence-corrected chi connectivity index (χ0v) is 46.1. The van der Waals surface area contributed by atoms with Gasteiger partial charge >= 0.3 is 47.8 Å². The molecule has 82 heavy (non-hydrogen) atoms. The van der Waals surface area contributed by atoms with E-state index in [9.17, 15) is 83.4 Å². The number of rotatable bonds is 29. The molecule has 5 rings (SSSR count). The third kappa shape index (κ3) is 22.0. The van der Waals surface area contributed by atoms with Crippen molar-refractivity contribution in [3.63, 3.8) is 0 Å². The van der Waals surface area contributed by atoms with Crippen LogP contribution in [0.3, 0.4) is 0 Å². The molecule has 448 valence electrons. The molecule has 12 N–H and O–H groups in total. The molecule has 1 saturated heterocycles. The first-order chi connectivity index (χ1) is 39.0. The molecule has 2 aliphatic rings. The number of aliphatic carboxylic acids is 7. The van der Waals surface area contributed by atoms with Crippen molar-refractivity contribution in [2.24, 2.45) is 11.8 Å². The maximum Gasteiger partial charge on any atom is 0.327 e. The number of fused-ring (bicyclic) bond motifs is 2. The Balaban J connectivity index is 1.23. The summed E-state index contributed by atoms with van der Waals surface area (Å²) in [5.74, 6) is -11.9. The molecule has 3 aromatic rings. The van der Waals surface area contributed by atoms with Crippen LogP contribution in [0, 0.1) is 11.8 Å². The molecular formula is C54H73N9O18S. The maximum atomic E-state index is 14.4. The van der Waals surface area contributed by atoms with Crippen LogP contribution in [-0.4, -0.2) is 242 Å². The van der Waals surface area contributed by atoms with Gasteiger partial charge < -0.3 is 62.3 Å². The van der Waals surface area contributed by atoms with E-state index < -0.39 is 101 Å². The van der Waals surface area contributed by atoms with Gasteiger partial charge in [0.25, 0.3) is 0 Å². The molecule has 0 radical (unpaired) electrons. The number of thioether (sulfide) groups is 1. The van der Waals surface area contributed by atoms with Crippen molar-refractivity contribution in [2.45, 2.75) is 75.5 Å². The molecule has 0 aromatic heterocycles. The molecule has 4 atom stereocenters. The third-order valence-corrected chi connectivity index (χ3v) is 15.5. The lowest BCUT2D eigenvalue weighted by atomic mass is 9.81. The lowest BCUT2D eigenvalue weighted by Gasteiger charge is -2.33. The van der Waals surface area contributed by atoms with Gasteiger partial charge in [0.2, 0.25) is 17.7 Å². The zero-order valence-electron chi connectivity index (χ0n) is 45.2. The van der Waals surface area contributed by atoms with E-state index in [1.54, 1.807) is 14.7 Å². The first-order valence-corrected chi connectivity index (χ1v) is 28.1. The number of carbonyl (C=O) groups excluding carboxylic acids is 4. The van der Waals surface area contributed by atoms with Crippen LogP contribution in [0.5, 0.6) is 0 Å². The Morgan fingerprint density at radius 1 is 0.512 bits per heavy atom. The normalized spacial score (nSPS) is 18.5. The molecular weight excluding hydrogens is 1090 g/mol. The first kappa shape index (κ1) is 65.2. The Morgan fingerprint density at radius 2 is 0.951 bits per heavy atom. The van der Waals surface area contributed by atoms with E-state index in [0.717, 1.165) is 33.3 Å². The summed E-state index contributed by atoms with van der Waals surface area (Å²) in [5.41, 5.74) is 0.711. The molecule has 0 unspecified atom stereocenters. The smallest absolute Gasteiger partial charge is 0.327 e. The number of urea groups is 1. The number of carbonyl (C=O) groups is 11. The summed E-state index contributed by atoms with van der Waals surface area (Å²) >= 11 is 0.761. The fraction of sp³-hybridized carbons (Fsp3) is 0.537. The van der Waals surface area contributed by atoms with Crippen LogP contribution >= 0.6 is 11.8 Å². The number of carboxylic acids is 7. The van der Waals surface area contributed by atoms with Gasteiger partial charge in [-0.15, -0.1) is 0 Å². The van der Waals surface area contributed by atoms with Gasteiger partial charge in [-0.25, -0.2) is 19.2 Å². The molecule has 28 heteroatoms. The van der Waals surface area contributed by atoms with E-state index in [1.165, 1.54) is 0 Å². The molecule has 5 amide bonds. The molecule has 0 spiro atoms. The number of carboxylic acid groups (broad SMARTS) is 7. The molecule has 1 aliphatic carbocycles. The summed E-state index contributed by atoms with van der Waals surface area (Å²) < 4.78 is 0. The summed E-state index contributed by atoms with van der Waals surface area (Å²) in [6, 6.07) is 9.66. The fourth-order valence-electron chi connectivity index (χ4n) is 9.96. The summed E-state index contributed by atoms with van der Waals surface area (Å²) in [7, 11) is 0. The van der Waals surface area contributed by atoms with Crippen molar-refractivity contribution in [3.05, 3.63) is 60.2 Å². The third-order valence-electron chi connectivity index (χ3n) is 14.4. The van der Waals surface area contributed by atoms with E-state index in [0.29, 0.717) is 31.2 Å². The Morgan fingerprint density at radius 3 is 1.40 bits per heavy atom. The largest absolute Gasteiger partial charge is 0.481 e. The SMILES string of the molecule is O=C(O)CCC[C@H](NC(=O)N[C@@H](CSC[C@@H](NC(=O)[C@H](Cc1c2ccccc2cc2ccccc12)NC(=O)C1CCC(CNC(=O)CN2CCN(CC(=O)O)CCN(CC(=O)O)CCN(CC(=O)O)CC2)CC1)C(=O)O)C(=O)O)C(=O)O. The molecule has 1 aliphatic heterocycles. The summed E-state index contributed by atoms with van der Waals surface area (Å²) in [4.78, 5) is 144. The Bertz CT molecular complexity index is 2680. The number of hydrogen-bond donors (Lipinski definition) is 12. The molecule has 1 saturated carbocycles. The molecule has 1 heterocycles. The van der Waals surface area contributed by atoms with E-state index >= 15 is 0 Å². The monoisotopic (exact) mass is 1170 g/mol. The zero-order chi connectivity index (χ0) is 59.9. The standard InChI is InChI=1S/C54H73N9O18S/c64-44(27-60-16-18-61(28-46(67)68)20-22-63(30-48(71)72)23-21-62(19-17-60)29-47(69)70)55-26-33-12-14-34(15-13-33)49(73)56-41(25-39-37-8-3-1-6-35(37)24-36-7-2-4-9-38(36)39)50(74)57-42(52(77)78)31-82-32-43(53(79)80)59-54(81)58-40(51(75)76)10-5-11-45(65)66/h1-4,6-9,24,33-34,40-43H,5,10-23,25-32H2,(H,55,64)(H,56,73)(H,57,74)(H,65,66)(H,67,68)(H,69,70)(H,71,72)(H,75,76)(H,77,78)(H,79,80)(H2,58,59,81)/t33?,34?,40-,41-,42+,43-/m0/s1. The molecule has 27 nitrogen and oxygen atoms in total. The summed E-state index contributed by atoms with van der Waals surface area (Å²) in [6.07, 6.45) is 1.06. The first-order valence-electron chi connectivity index (χ1n) is 26.9.